The Hall–Kier alpha value is -3.53. The van der Waals surface area contributed by atoms with E-state index in [9.17, 15) is 4.79 Å². The quantitative estimate of drug-likeness (QED) is 0.567. The molecule has 0 radical (unpaired) electrons. The first kappa shape index (κ1) is 18.8. The average molecular weight is 385 g/mol. The molecule has 0 amide bonds. The van der Waals surface area contributed by atoms with E-state index < -0.39 is 6.04 Å². The van der Waals surface area contributed by atoms with E-state index in [-0.39, 0.29) is 12.0 Å². The molecule has 4 rings (SSSR count). The van der Waals surface area contributed by atoms with Crippen molar-refractivity contribution in [3.63, 3.8) is 0 Å². The number of ether oxygens (including phenoxy) is 2. The Morgan fingerprint density at radius 2 is 1.59 bits per heavy atom. The highest BCUT2D eigenvalue weighted by Crippen LogP contribution is 2.44. The van der Waals surface area contributed by atoms with E-state index >= 15 is 0 Å². The lowest BCUT2D eigenvalue weighted by Crippen LogP contribution is -2.39. The number of methoxy groups -OCH3 is 2. The molecule has 2 atom stereocenters. The van der Waals surface area contributed by atoms with Crippen molar-refractivity contribution in [3.8, 4) is 5.75 Å². The second kappa shape index (κ2) is 8.23. The van der Waals surface area contributed by atoms with E-state index in [0.29, 0.717) is 0 Å². The summed E-state index contributed by atoms with van der Waals surface area (Å²) in [6.45, 7) is 0. The van der Waals surface area contributed by atoms with E-state index in [2.05, 4.69) is 23.1 Å². The van der Waals surface area contributed by atoms with Gasteiger partial charge in [0.25, 0.3) is 0 Å². The van der Waals surface area contributed by atoms with Crippen LogP contribution in [0.5, 0.6) is 5.75 Å². The molecule has 0 saturated heterocycles. The average Bonchev–Trinajstić information content (AvgIpc) is 2.80. The molecular weight excluding hydrogens is 362 g/mol. The smallest absolute Gasteiger partial charge is 0.333 e. The Bertz CT molecular complexity index is 1030. The normalized spacial score (nSPS) is 16.1. The van der Waals surface area contributed by atoms with Crippen LogP contribution in [0.1, 0.15) is 28.8 Å². The van der Waals surface area contributed by atoms with Gasteiger partial charge in [0, 0.05) is 11.3 Å². The maximum Gasteiger partial charge on any atom is 0.333 e. The molecular formula is C25H23NO3. The minimum Gasteiger partial charge on any atom is -0.496 e. The van der Waals surface area contributed by atoms with Crippen LogP contribution in [-0.4, -0.2) is 20.2 Å². The van der Waals surface area contributed by atoms with Crippen molar-refractivity contribution in [2.75, 3.05) is 19.1 Å². The van der Waals surface area contributed by atoms with Gasteiger partial charge in [0.05, 0.1) is 20.3 Å². The summed E-state index contributed by atoms with van der Waals surface area (Å²) in [6, 6.07) is 25.0. The molecule has 0 aliphatic carbocycles. The lowest BCUT2D eigenvalue weighted by Gasteiger charge is -2.41. The molecule has 1 aliphatic heterocycles. The Balaban J connectivity index is 1.93. The van der Waals surface area contributed by atoms with E-state index in [0.717, 1.165) is 28.1 Å². The molecule has 1 unspecified atom stereocenters. The van der Waals surface area contributed by atoms with Crippen LogP contribution >= 0.6 is 0 Å². The monoisotopic (exact) mass is 385 g/mol. The Labute approximate surface area is 171 Å². The third-order valence-corrected chi connectivity index (χ3v) is 5.25. The molecule has 1 aliphatic rings. The minimum atomic E-state index is -0.595. The standard InChI is InChI=1S/C25H23NO3/c1-28-23-15-9-7-13-20(23)22-17-16-18-10-6-8-14-21(18)26(22)24(25(27)29-2)19-11-4-3-5-12-19/h3-17,22,24H,1-2H3/t22-,24?/m0/s1. The number of carbonyl (C=O) groups excluding carboxylic acids is 1. The van der Waals surface area contributed by atoms with Gasteiger partial charge in [-0.2, -0.15) is 0 Å². The summed E-state index contributed by atoms with van der Waals surface area (Å²) >= 11 is 0. The number of para-hydroxylation sites is 2. The molecule has 0 spiro atoms. The number of nitrogens with zero attached hydrogens (tertiary/aromatic N) is 1. The zero-order chi connectivity index (χ0) is 20.2. The van der Waals surface area contributed by atoms with E-state index in [4.69, 9.17) is 9.47 Å². The molecule has 0 aromatic heterocycles. The number of hydrogen-bond acceptors (Lipinski definition) is 4. The van der Waals surface area contributed by atoms with Gasteiger partial charge in [-0.15, -0.1) is 0 Å². The van der Waals surface area contributed by atoms with Crippen molar-refractivity contribution in [2.24, 2.45) is 0 Å². The van der Waals surface area contributed by atoms with Gasteiger partial charge in [0.2, 0.25) is 0 Å². The SMILES string of the molecule is COC(=O)C(c1ccccc1)N1c2ccccc2C=C[C@H]1c1ccccc1OC. The number of esters is 1. The van der Waals surface area contributed by atoms with Crippen LogP contribution < -0.4 is 9.64 Å². The van der Waals surface area contributed by atoms with Crippen molar-refractivity contribution in [1.82, 2.24) is 0 Å². The molecule has 0 bridgehead atoms. The van der Waals surface area contributed by atoms with Gasteiger partial charge in [-0.1, -0.05) is 78.9 Å². The number of benzene rings is 3. The number of hydrogen-bond donors (Lipinski definition) is 0. The van der Waals surface area contributed by atoms with E-state index in [1.807, 2.05) is 72.8 Å². The second-order valence-corrected chi connectivity index (χ2v) is 6.85. The molecule has 29 heavy (non-hydrogen) atoms. The molecule has 0 fully saturated rings. The summed E-state index contributed by atoms with van der Waals surface area (Å²) in [5, 5.41) is 0. The first-order chi connectivity index (χ1) is 14.2. The van der Waals surface area contributed by atoms with Crippen LogP contribution in [0.25, 0.3) is 6.08 Å². The fourth-order valence-corrected chi connectivity index (χ4v) is 3.92. The fourth-order valence-electron chi connectivity index (χ4n) is 3.92. The number of rotatable bonds is 5. The highest BCUT2D eigenvalue weighted by Gasteiger charge is 2.37. The van der Waals surface area contributed by atoms with Gasteiger partial charge in [-0.05, 0) is 23.3 Å². The predicted octanol–water partition coefficient (Wildman–Crippen LogP) is 5.18. The molecule has 0 saturated carbocycles. The first-order valence-corrected chi connectivity index (χ1v) is 9.56. The van der Waals surface area contributed by atoms with Crippen molar-refractivity contribution < 1.29 is 14.3 Å². The second-order valence-electron chi connectivity index (χ2n) is 6.85. The lowest BCUT2D eigenvalue weighted by molar-refractivity contribution is -0.142. The summed E-state index contributed by atoms with van der Waals surface area (Å²) in [5.41, 5.74) is 3.91. The summed E-state index contributed by atoms with van der Waals surface area (Å²) in [4.78, 5) is 15.2. The Morgan fingerprint density at radius 3 is 2.34 bits per heavy atom. The molecule has 1 heterocycles. The van der Waals surface area contributed by atoms with Gasteiger partial charge >= 0.3 is 5.97 Å². The van der Waals surface area contributed by atoms with E-state index in [1.165, 1.54) is 7.11 Å². The molecule has 3 aromatic carbocycles. The van der Waals surface area contributed by atoms with Crippen LogP contribution in [0, 0.1) is 0 Å². The molecule has 3 aromatic rings. The molecule has 146 valence electrons. The zero-order valence-corrected chi connectivity index (χ0v) is 16.5. The number of fused-ring (bicyclic) bond motifs is 1. The van der Waals surface area contributed by atoms with Crippen LogP contribution in [0.15, 0.2) is 84.9 Å². The maximum atomic E-state index is 13.0. The largest absolute Gasteiger partial charge is 0.496 e. The van der Waals surface area contributed by atoms with Crippen LogP contribution in [0.3, 0.4) is 0 Å². The summed E-state index contributed by atoms with van der Waals surface area (Å²) in [6.07, 6.45) is 4.21. The topological polar surface area (TPSA) is 38.8 Å². The Morgan fingerprint density at radius 1 is 0.897 bits per heavy atom. The highest BCUT2D eigenvalue weighted by atomic mass is 16.5. The number of anilines is 1. The summed E-state index contributed by atoms with van der Waals surface area (Å²) < 4.78 is 10.9. The predicted molar refractivity (Wildman–Crippen MR) is 115 cm³/mol. The highest BCUT2D eigenvalue weighted by molar-refractivity contribution is 5.85. The third-order valence-electron chi connectivity index (χ3n) is 5.25. The van der Waals surface area contributed by atoms with Crippen molar-refractivity contribution in [3.05, 3.63) is 102 Å². The van der Waals surface area contributed by atoms with Crippen LogP contribution in [0.4, 0.5) is 5.69 Å². The lowest BCUT2D eigenvalue weighted by atomic mass is 9.92. The van der Waals surface area contributed by atoms with Gasteiger partial charge in [-0.3, -0.25) is 0 Å². The minimum absolute atomic E-state index is 0.189. The third kappa shape index (κ3) is 3.49. The van der Waals surface area contributed by atoms with Crippen LogP contribution in [0.2, 0.25) is 0 Å². The van der Waals surface area contributed by atoms with Crippen molar-refractivity contribution in [1.29, 1.82) is 0 Å². The van der Waals surface area contributed by atoms with Gasteiger partial charge in [-0.25, -0.2) is 4.79 Å². The molecule has 4 nitrogen and oxygen atoms in total. The van der Waals surface area contributed by atoms with Crippen molar-refractivity contribution >= 4 is 17.7 Å². The van der Waals surface area contributed by atoms with Gasteiger partial charge in [0.1, 0.15) is 5.75 Å². The first-order valence-electron chi connectivity index (χ1n) is 9.56. The van der Waals surface area contributed by atoms with Gasteiger partial charge < -0.3 is 14.4 Å². The maximum absolute atomic E-state index is 13.0. The van der Waals surface area contributed by atoms with Crippen molar-refractivity contribution in [2.45, 2.75) is 12.1 Å². The molecule has 4 heteroatoms. The zero-order valence-electron chi connectivity index (χ0n) is 16.5. The summed E-state index contributed by atoms with van der Waals surface area (Å²) in [5.74, 6) is 0.476. The Kier molecular flexibility index (Phi) is 5.34. The van der Waals surface area contributed by atoms with E-state index in [1.54, 1.807) is 7.11 Å². The van der Waals surface area contributed by atoms with Crippen LogP contribution in [-0.2, 0) is 9.53 Å². The number of carbonyl (C=O) groups is 1. The molecule has 0 N–H and O–H groups in total. The fraction of sp³-hybridized carbons (Fsp3) is 0.160. The summed E-state index contributed by atoms with van der Waals surface area (Å²) in [7, 11) is 3.10. The van der Waals surface area contributed by atoms with Gasteiger partial charge in [0.15, 0.2) is 6.04 Å².